The lowest BCUT2D eigenvalue weighted by molar-refractivity contribution is -0.151. The molecule has 2 aromatic rings. The lowest BCUT2D eigenvalue weighted by atomic mass is 9.88. The molecule has 1 fully saturated rings. The summed E-state index contributed by atoms with van der Waals surface area (Å²) in [5.74, 6) is -1.04. The minimum atomic E-state index is -1.02. The Morgan fingerprint density at radius 1 is 1.23 bits per heavy atom. The maximum absolute atomic E-state index is 13.1. The molecular weight excluding hydrogens is 332 g/mol. The predicted octanol–water partition coefficient (Wildman–Crippen LogP) is 2.66. The Balaban J connectivity index is 1.89. The third-order valence-corrected chi connectivity index (χ3v) is 5.19. The molecule has 1 atom stereocenters. The van der Waals surface area contributed by atoms with Gasteiger partial charge in [0.1, 0.15) is 5.41 Å². The lowest BCUT2D eigenvalue weighted by Gasteiger charge is -2.23. The van der Waals surface area contributed by atoms with Crippen molar-refractivity contribution in [3.8, 4) is 5.69 Å². The molecule has 0 bridgehead atoms. The van der Waals surface area contributed by atoms with Gasteiger partial charge in [0.15, 0.2) is 0 Å². The van der Waals surface area contributed by atoms with Crippen LogP contribution in [0.4, 0.5) is 0 Å². The first-order valence-corrected chi connectivity index (χ1v) is 8.65. The molecule has 1 aliphatic rings. The Labute approximate surface area is 153 Å². The highest BCUT2D eigenvalue weighted by Crippen LogP contribution is 2.33. The minimum Gasteiger partial charge on any atom is -0.481 e. The SMILES string of the molecule is COCC1(C(=O)O)CCN(C(=O)c2cc(C)n(-c3ccccc3)c2C)C1. The van der Waals surface area contributed by atoms with Crippen molar-refractivity contribution in [2.45, 2.75) is 20.3 Å². The highest BCUT2D eigenvalue weighted by Gasteiger charge is 2.46. The normalized spacial score (nSPS) is 19.7. The zero-order chi connectivity index (χ0) is 18.9. The van der Waals surface area contributed by atoms with Gasteiger partial charge in [0, 0.05) is 37.3 Å². The summed E-state index contributed by atoms with van der Waals surface area (Å²) in [7, 11) is 1.49. The van der Waals surface area contributed by atoms with Crippen LogP contribution in [0.25, 0.3) is 5.69 Å². The third-order valence-electron chi connectivity index (χ3n) is 5.19. The number of aromatic nitrogens is 1. The Morgan fingerprint density at radius 3 is 2.54 bits per heavy atom. The van der Waals surface area contributed by atoms with Gasteiger partial charge in [-0.05, 0) is 38.5 Å². The molecule has 0 spiro atoms. The van der Waals surface area contributed by atoms with E-state index < -0.39 is 11.4 Å². The molecule has 1 aromatic carbocycles. The van der Waals surface area contributed by atoms with Gasteiger partial charge >= 0.3 is 5.97 Å². The highest BCUT2D eigenvalue weighted by molar-refractivity contribution is 5.96. The van der Waals surface area contributed by atoms with Gasteiger partial charge in [-0.1, -0.05) is 18.2 Å². The number of hydrogen-bond acceptors (Lipinski definition) is 3. The number of hydrogen-bond donors (Lipinski definition) is 1. The van der Waals surface area contributed by atoms with Crippen molar-refractivity contribution in [2.75, 3.05) is 26.8 Å². The van der Waals surface area contributed by atoms with Gasteiger partial charge < -0.3 is 19.3 Å². The molecule has 138 valence electrons. The Kier molecular flexibility index (Phi) is 4.87. The average Bonchev–Trinajstić information content (AvgIpc) is 3.18. The maximum atomic E-state index is 13.1. The number of rotatable bonds is 5. The zero-order valence-electron chi connectivity index (χ0n) is 15.4. The topological polar surface area (TPSA) is 71.8 Å². The van der Waals surface area contributed by atoms with E-state index >= 15 is 0 Å². The van der Waals surface area contributed by atoms with E-state index in [0.717, 1.165) is 17.1 Å². The van der Waals surface area contributed by atoms with Crippen LogP contribution >= 0.6 is 0 Å². The standard InChI is InChI=1S/C20H24N2O4/c1-14-11-17(15(2)22(14)16-7-5-4-6-8-16)18(23)21-10-9-20(12-21,13-26-3)19(24)25/h4-8,11H,9-10,12-13H2,1-3H3,(H,24,25). The number of carboxylic acids is 1. The molecule has 2 heterocycles. The van der Waals surface area contributed by atoms with Crippen molar-refractivity contribution < 1.29 is 19.4 Å². The number of aryl methyl sites for hydroxylation is 1. The molecule has 0 saturated carbocycles. The smallest absolute Gasteiger partial charge is 0.313 e. The monoisotopic (exact) mass is 356 g/mol. The first-order valence-electron chi connectivity index (χ1n) is 8.65. The molecule has 0 aliphatic carbocycles. The molecule has 6 heteroatoms. The van der Waals surface area contributed by atoms with Crippen molar-refractivity contribution in [2.24, 2.45) is 5.41 Å². The van der Waals surface area contributed by atoms with E-state index in [1.54, 1.807) is 4.90 Å². The Hall–Kier alpha value is -2.60. The lowest BCUT2D eigenvalue weighted by Crippen LogP contribution is -2.40. The molecule has 1 unspecified atom stereocenters. The predicted molar refractivity (Wildman–Crippen MR) is 97.7 cm³/mol. The van der Waals surface area contributed by atoms with E-state index in [4.69, 9.17) is 4.74 Å². The first kappa shape index (κ1) is 18.2. The van der Waals surface area contributed by atoms with Crippen LogP contribution in [0.2, 0.25) is 0 Å². The highest BCUT2D eigenvalue weighted by atomic mass is 16.5. The molecule has 1 aliphatic heterocycles. The molecule has 1 aromatic heterocycles. The number of para-hydroxylation sites is 1. The van der Waals surface area contributed by atoms with Crippen LogP contribution in [0, 0.1) is 19.3 Å². The van der Waals surface area contributed by atoms with Crippen LogP contribution in [0.5, 0.6) is 0 Å². The molecule has 1 amide bonds. The number of carboxylic acid groups (broad SMARTS) is 1. The Bertz CT molecular complexity index is 828. The molecule has 1 N–H and O–H groups in total. The number of nitrogens with zero attached hydrogens (tertiary/aromatic N) is 2. The molecule has 1 saturated heterocycles. The average molecular weight is 356 g/mol. The van der Waals surface area contributed by atoms with E-state index in [1.807, 2.05) is 54.8 Å². The fourth-order valence-electron chi connectivity index (χ4n) is 3.80. The molecular formula is C20H24N2O4. The number of likely N-dealkylation sites (tertiary alicyclic amines) is 1. The fraction of sp³-hybridized carbons (Fsp3) is 0.400. The number of ether oxygens (including phenoxy) is 1. The second kappa shape index (κ2) is 6.96. The van der Waals surface area contributed by atoms with Crippen LogP contribution in [-0.2, 0) is 9.53 Å². The van der Waals surface area contributed by atoms with E-state index in [1.165, 1.54) is 7.11 Å². The number of amides is 1. The summed E-state index contributed by atoms with van der Waals surface area (Å²) in [5.41, 5.74) is 2.43. The molecule has 3 rings (SSSR count). The van der Waals surface area contributed by atoms with Crippen molar-refractivity contribution in [3.05, 3.63) is 53.3 Å². The summed E-state index contributed by atoms with van der Waals surface area (Å²) >= 11 is 0. The van der Waals surface area contributed by atoms with Crippen LogP contribution in [0.1, 0.15) is 28.2 Å². The second-order valence-corrected chi connectivity index (χ2v) is 6.95. The van der Waals surface area contributed by atoms with E-state index in [9.17, 15) is 14.7 Å². The number of carbonyl (C=O) groups excluding carboxylic acids is 1. The fourth-order valence-corrected chi connectivity index (χ4v) is 3.80. The number of methoxy groups -OCH3 is 1. The van der Waals surface area contributed by atoms with Crippen molar-refractivity contribution in [1.29, 1.82) is 0 Å². The van der Waals surface area contributed by atoms with Gasteiger partial charge in [-0.3, -0.25) is 9.59 Å². The van der Waals surface area contributed by atoms with Gasteiger partial charge in [-0.15, -0.1) is 0 Å². The van der Waals surface area contributed by atoms with Crippen LogP contribution in [-0.4, -0.2) is 53.3 Å². The molecule has 0 radical (unpaired) electrons. The number of aliphatic carboxylic acids is 1. The summed E-state index contributed by atoms with van der Waals surface area (Å²) in [4.78, 5) is 26.4. The van der Waals surface area contributed by atoms with Crippen LogP contribution < -0.4 is 0 Å². The summed E-state index contributed by atoms with van der Waals surface area (Å²) in [6.45, 7) is 4.58. The summed E-state index contributed by atoms with van der Waals surface area (Å²) in [6, 6.07) is 11.7. The summed E-state index contributed by atoms with van der Waals surface area (Å²) in [5, 5.41) is 9.59. The number of benzene rings is 1. The second-order valence-electron chi connectivity index (χ2n) is 6.95. The summed E-state index contributed by atoms with van der Waals surface area (Å²) in [6.07, 6.45) is 0.402. The van der Waals surface area contributed by atoms with Crippen molar-refractivity contribution >= 4 is 11.9 Å². The summed E-state index contributed by atoms with van der Waals surface area (Å²) < 4.78 is 7.15. The van der Waals surface area contributed by atoms with Crippen molar-refractivity contribution in [3.63, 3.8) is 0 Å². The van der Waals surface area contributed by atoms with E-state index in [-0.39, 0.29) is 19.1 Å². The van der Waals surface area contributed by atoms with Gasteiger partial charge in [-0.2, -0.15) is 0 Å². The van der Waals surface area contributed by atoms with E-state index in [2.05, 4.69) is 0 Å². The minimum absolute atomic E-state index is 0.106. The van der Waals surface area contributed by atoms with E-state index in [0.29, 0.717) is 18.5 Å². The van der Waals surface area contributed by atoms with Crippen LogP contribution in [0.15, 0.2) is 36.4 Å². The first-order chi connectivity index (χ1) is 12.4. The van der Waals surface area contributed by atoms with Gasteiger partial charge in [-0.25, -0.2) is 0 Å². The largest absolute Gasteiger partial charge is 0.481 e. The molecule has 26 heavy (non-hydrogen) atoms. The third kappa shape index (κ3) is 3.01. The number of carbonyl (C=O) groups is 2. The van der Waals surface area contributed by atoms with Gasteiger partial charge in [0.2, 0.25) is 0 Å². The Morgan fingerprint density at radius 2 is 1.92 bits per heavy atom. The maximum Gasteiger partial charge on any atom is 0.313 e. The van der Waals surface area contributed by atoms with Crippen LogP contribution in [0.3, 0.4) is 0 Å². The molecule has 6 nitrogen and oxygen atoms in total. The van der Waals surface area contributed by atoms with Gasteiger partial charge in [0.05, 0.1) is 12.2 Å². The quantitative estimate of drug-likeness (QED) is 0.894. The van der Waals surface area contributed by atoms with Gasteiger partial charge in [0.25, 0.3) is 5.91 Å². The zero-order valence-corrected chi connectivity index (χ0v) is 15.4. The van der Waals surface area contributed by atoms with Crippen molar-refractivity contribution in [1.82, 2.24) is 9.47 Å².